The summed E-state index contributed by atoms with van der Waals surface area (Å²) in [5.74, 6) is 0. The molecule has 0 radical (unpaired) electrons. The third-order valence-electron chi connectivity index (χ3n) is 2.95. The number of nitrogens with zero attached hydrogens (tertiary/aromatic N) is 2. The summed E-state index contributed by atoms with van der Waals surface area (Å²) >= 11 is 10.5. The molecular weight excluding hydrogens is 398 g/mol. The van der Waals surface area contributed by atoms with Gasteiger partial charge >= 0.3 is 0 Å². The summed E-state index contributed by atoms with van der Waals surface area (Å²) in [5.41, 5.74) is 1.69. The molecule has 0 aromatic carbocycles. The van der Waals surface area contributed by atoms with Crippen molar-refractivity contribution in [2.75, 3.05) is 6.54 Å². The number of aryl methyl sites for hydroxylation is 2. The number of nitrogens with one attached hydrogen (secondary N) is 1. The molecular formula is C12H15BrClN3O2S2. The van der Waals surface area contributed by atoms with Gasteiger partial charge in [0.1, 0.15) is 4.21 Å². The van der Waals surface area contributed by atoms with E-state index in [0.29, 0.717) is 28.7 Å². The second kappa shape index (κ2) is 6.78. The van der Waals surface area contributed by atoms with Gasteiger partial charge in [-0.25, -0.2) is 13.1 Å². The van der Waals surface area contributed by atoms with Crippen molar-refractivity contribution >= 4 is 48.9 Å². The molecule has 2 heterocycles. The molecule has 2 aromatic rings. The average molecular weight is 413 g/mol. The van der Waals surface area contributed by atoms with Crippen LogP contribution in [-0.2, 0) is 16.6 Å². The molecule has 0 atom stereocenters. The van der Waals surface area contributed by atoms with Crippen LogP contribution in [0, 0.1) is 13.8 Å². The zero-order valence-electron chi connectivity index (χ0n) is 11.6. The summed E-state index contributed by atoms with van der Waals surface area (Å²) < 4.78 is 29.5. The molecule has 0 aliphatic carbocycles. The molecule has 0 saturated heterocycles. The maximum absolute atomic E-state index is 12.0. The highest BCUT2D eigenvalue weighted by atomic mass is 79.9. The Morgan fingerprint density at radius 1 is 1.43 bits per heavy atom. The first-order chi connectivity index (χ1) is 9.81. The van der Waals surface area contributed by atoms with Gasteiger partial charge in [-0.3, -0.25) is 4.68 Å². The Morgan fingerprint density at radius 2 is 2.14 bits per heavy atom. The van der Waals surface area contributed by atoms with Crippen LogP contribution in [0.1, 0.15) is 17.8 Å². The minimum Gasteiger partial charge on any atom is -0.268 e. The standard InChI is InChI=1S/C12H15BrClN3O2S2/c1-8-12(14)9(2)17(16-8)7-3-6-15-21(18,19)11-5-4-10(13)20-11/h4-5,15H,3,6-7H2,1-2H3. The summed E-state index contributed by atoms with van der Waals surface area (Å²) in [6, 6.07) is 3.30. The van der Waals surface area contributed by atoms with Crippen LogP contribution >= 0.6 is 38.9 Å². The second-order valence-electron chi connectivity index (χ2n) is 4.52. The largest absolute Gasteiger partial charge is 0.268 e. The van der Waals surface area contributed by atoms with E-state index in [2.05, 4.69) is 25.8 Å². The molecule has 0 saturated carbocycles. The summed E-state index contributed by atoms with van der Waals surface area (Å²) in [6.07, 6.45) is 0.643. The lowest BCUT2D eigenvalue weighted by Crippen LogP contribution is -2.25. The SMILES string of the molecule is Cc1nn(CCCNS(=O)(=O)c2ccc(Br)s2)c(C)c1Cl. The minimum atomic E-state index is -3.42. The van der Waals surface area contributed by atoms with Gasteiger partial charge in [0.2, 0.25) is 10.0 Å². The lowest BCUT2D eigenvalue weighted by molar-refractivity contribution is 0.545. The van der Waals surface area contributed by atoms with Gasteiger partial charge in [0.15, 0.2) is 0 Å². The average Bonchev–Trinajstić information content (AvgIpc) is 2.96. The molecule has 0 spiro atoms. The van der Waals surface area contributed by atoms with Crippen molar-refractivity contribution in [2.45, 2.75) is 31.0 Å². The normalized spacial score (nSPS) is 12.0. The molecule has 0 amide bonds. The van der Waals surface area contributed by atoms with Gasteiger partial charge in [0.25, 0.3) is 0 Å². The molecule has 0 aliphatic heterocycles. The maximum Gasteiger partial charge on any atom is 0.250 e. The highest BCUT2D eigenvalue weighted by molar-refractivity contribution is 9.11. The van der Waals surface area contributed by atoms with Gasteiger partial charge in [-0.15, -0.1) is 11.3 Å². The highest BCUT2D eigenvalue weighted by Crippen LogP contribution is 2.25. The number of aromatic nitrogens is 2. The number of rotatable bonds is 6. The first kappa shape index (κ1) is 17.0. The number of halogens is 2. The fourth-order valence-corrected chi connectivity index (χ4v) is 5.11. The van der Waals surface area contributed by atoms with E-state index in [9.17, 15) is 8.42 Å². The van der Waals surface area contributed by atoms with Gasteiger partial charge in [0.05, 0.1) is 20.2 Å². The number of hydrogen-bond donors (Lipinski definition) is 1. The van der Waals surface area contributed by atoms with Crippen molar-refractivity contribution in [1.29, 1.82) is 0 Å². The van der Waals surface area contributed by atoms with Crippen molar-refractivity contribution in [3.8, 4) is 0 Å². The highest BCUT2D eigenvalue weighted by Gasteiger charge is 2.16. The third kappa shape index (κ3) is 4.07. The zero-order chi connectivity index (χ0) is 15.6. The van der Waals surface area contributed by atoms with E-state index in [4.69, 9.17) is 11.6 Å². The van der Waals surface area contributed by atoms with E-state index in [1.807, 2.05) is 13.8 Å². The summed E-state index contributed by atoms with van der Waals surface area (Å²) in [5, 5.41) is 4.97. The molecule has 5 nitrogen and oxygen atoms in total. The summed E-state index contributed by atoms with van der Waals surface area (Å²) in [7, 11) is -3.42. The Labute approximate surface area is 141 Å². The van der Waals surface area contributed by atoms with Gasteiger partial charge < -0.3 is 0 Å². The van der Waals surface area contributed by atoms with Crippen molar-refractivity contribution < 1.29 is 8.42 Å². The van der Waals surface area contributed by atoms with E-state index in [0.717, 1.165) is 15.2 Å². The molecule has 2 aromatic heterocycles. The van der Waals surface area contributed by atoms with E-state index in [1.165, 1.54) is 11.3 Å². The van der Waals surface area contributed by atoms with Crippen molar-refractivity contribution in [2.24, 2.45) is 0 Å². The summed E-state index contributed by atoms with van der Waals surface area (Å²) in [4.78, 5) is 0. The topological polar surface area (TPSA) is 64.0 Å². The van der Waals surface area contributed by atoms with Crippen LogP contribution in [0.25, 0.3) is 0 Å². The van der Waals surface area contributed by atoms with E-state index in [1.54, 1.807) is 16.8 Å². The third-order valence-corrected chi connectivity index (χ3v) is 7.07. The zero-order valence-corrected chi connectivity index (χ0v) is 15.5. The van der Waals surface area contributed by atoms with E-state index < -0.39 is 10.0 Å². The second-order valence-corrected chi connectivity index (χ2v) is 9.35. The van der Waals surface area contributed by atoms with Gasteiger partial charge in [-0.1, -0.05) is 11.6 Å². The molecule has 116 valence electrons. The van der Waals surface area contributed by atoms with Crippen molar-refractivity contribution in [1.82, 2.24) is 14.5 Å². The fraction of sp³-hybridized carbons (Fsp3) is 0.417. The van der Waals surface area contributed by atoms with Crippen LogP contribution in [0.2, 0.25) is 5.02 Å². The predicted molar refractivity (Wildman–Crippen MR) is 88.5 cm³/mol. The van der Waals surface area contributed by atoms with Gasteiger partial charge in [-0.2, -0.15) is 5.10 Å². The quantitative estimate of drug-likeness (QED) is 0.740. The van der Waals surface area contributed by atoms with Crippen LogP contribution in [-0.4, -0.2) is 24.7 Å². The molecule has 2 rings (SSSR count). The lowest BCUT2D eigenvalue weighted by Gasteiger charge is -2.06. The van der Waals surface area contributed by atoms with Crippen LogP contribution in [0.3, 0.4) is 0 Å². The number of thiophene rings is 1. The number of hydrogen-bond acceptors (Lipinski definition) is 4. The molecule has 0 aliphatic rings. The minimum absolute atomic E-state index is 0.309. The molecule has 21 heavy (non-hydrogen) atoms. The molecule has 9 heteroatoms. The van der Waals surface area contributed by atoms with E-state index in [-0.39, 0.29) is 0 Å². The first-order valence-corrected chi connectivity index (χ1v) is 9.73. The Hall–Kier alpha value is -0.410. The van der Waals surface area contributed by atoms with Crippen LogP contribution in [0.15, 0.2) is 20.1 Å². The molecule has 0 fully saturated rings. The number of sulfonamides is 1. The monoisotopic (exact) mass is 411 g/mol. The van der Waals surface area contributed by atoms with Crippen LogP contribution in [0.4, 0.5) is 0 Å². The molecule has 1 N–H and O–H groups in total. The lowest BCUT2D eigenvalue weighted by atomic mass is 10.4. The van der Waals surface area contributed by atoms with Gasteiger partial charge in [-0.05, 0) is 48.3 Å². The van der Waals surface area contributed by atoms with Gasteiger partial charge in [0, 0.05) is 13.1 Å². The van der Waals surface area contributed by atoms with Crippen LogP contribution in [0.5, 0.6) is 0 Å². The summed E-state index contributed by atoms with van der Waals surface area (Å²) in [6.45, 7) is 4.72. The smallest absolute Gasteiger partial charge is 0.250 e. The predicted octanol–water partition coefficient (Wildman–Crippen LogP) is 3.35. The fourth-order valence-electron chi connectivity index (χ4n) is 1.84. The van der Waals surface area contributed by atoms with Crippen molar-refractivity contribution in [3.05, 3.63) is 32.3 Å². The Kier molecular flexibility index (Phi) is 5.48. The van der Waals surface area contributed by atoms with E-state index >= 15 is 0 Å². The van der Waals surface area contributed by atoms with Crippen molar-refractivity contribution in [3.63, 3.8) is 0 Å². The molecule has 0 unspecified atom stereocenters. The Balaban J connectivity index is 1.88. The first-order valence-electron chi connectivity index (χ1n) is 6.26. The Morgan fingerprint density at radius 3 is 2.67 bits per heavy atom. The Bertz CT molecular complexity index is 740. The maximum atomic E-state index is 12.0. The van der Waals surface area contributed by atoms with Crippen LogP contribution < -0.4 is 4.72 Å². The molecule has 0 bridgehead atoms.